The summed E-state index contributed by atoms with van der Waals surface area (Å²) in [6, 6.07) is 6.73. The number of hydrogen-bond donors (Lipinski definition) is 2. The molecule has 2 aliphatic rings. The quantitative estimate of drug-likeness (QED) is 0.551. The number of anilines is 1. The highest BCUT2D eigenvalue weighted by molar-refractivity contribution is 6.29. The van der Waals surface area contributed by atoms with Crippen LogP contribution in [-0.4, -0.2) is 38.8 Å². The Morgan fingerprint density at radius 3 is 2.85 bits per heavy atom. The summed E-state index contributed by atoms with van der Waals surface area (Å²) in [6.45, 7) is 7.16. The molecule has 0 radical (unpaired) electrons. The van der Waals surface area contributed by atoms with Gasteiger partial charge in [0.1, 0.15) is 11.0 Å². The van der Waals surface area contributed by atoms with Crippen LogP contribution in [0.3, 0.4) is 0 Å². The van der Waals surface area contributed by atoms with Gasteiger partial charge >= 0.3 is 5.97 Å². The molecular weight excluding hydrogens is 444 g/mol. The molecule has 0 amide bonds. The van der Waals surface area contributed by atoms with E-state index in [2.05, 4.69) is 17.2 Å². The summed E-state index contributed by atoms with van der Waals surface area (Å²) in [7, 11) is 0. The van der Waals surface area contributed by atoms with E-state index in [0.717, 1.165) is 29.8 Å². The third-order valence-corrected chi connectivity index (χ3v) is 7.00. The first-order valence-electron chi connectivity index (χ1n) is 11.0. The van der Waals surface area contributed by atoms with E-state index in [0.29, 0.717) is 29.8 Å². The van der Waals surface area contributed by atoms with Crippen LogP contribution in [0.1, 0.15) is 66.2 Å². The Morgan fingerprint density at radius 1 is 1.36 bits per heavy atom. The Kier molecular flexibility index (Phi) is 5.17. The van der Waals surface area contributed by atoms with Crippen LogP contribution in [0.5, 0.6) is 0 Å². The van der Waals surface area contributed by atoms with Gasteiger partial charge in [-0.15, -0.1) is 0 Å². The zero-order chi connectivity index (χ0) is 23.5. The lowest BCUT2D eigenvalue weighted by atomic mass is 9.83. The second-order valence-electron chi connectivity index (χ2n) is 9.20. The average Bonchev–Trinajstić information content (AvgIpc) is 3.34. The van der Waals surface area contributed by atoms with Crippen molar-refractivity contribution in [3.8, 4) is 0 Å². The third-order valence-electron chi connectivity index (χ3n) is 6.79. The van der Waals surface area contributed by atoms with Crippen molar-refractivity contribution < 1.29 is 14.6 Å². The number of carbonyl (C=O) groups is 1. The summed E-state index contributed by atoms with van der Waals surface area (Å²) < 4.78 is 7.56. The number of nitrogens with one attached hydrogen (secondary N) is 1. The fraction of sp³-hybridized carbons (Fsp3) is 0.417. The molecule has 1 fully saturated rings. The minimum absolute atomic E-state index is 0.0391. The summed E-state index contributed by atoms with van der Waals surface area (Å²) in [5.74, 6) is -0.380. The maximum absolute atomic E-state index is 13.6. The Balaban J connectivity index is 1.66. The zero-order valence-electron chi connectivity index (χ0n) is 18.7. The molecule has 2 N–H and O–H groups in total. The molecule has 0 aliphatic carbocycles. The first-order chi connectivity index (χ1) is 15.7. The van der Waals surface area contributed by atoms with Crippen LogP contribution < -0.4 is 10.9 Å². The molecule has 33 heavy (non-hydrogen) atoms. The number of carboxylic acids is 1. The number of aromatic carboxylic acids is 1. The van der Waals surface area contributed by atoms with Crippen molar-refractivity contribution in [1.29, 1.82) is 0 Å². The summed E-state index contributed by atoms with van der Waals surface area (Å²) >= 11 is 5.90. The molecule has 172 valence electrons. The molecule has 2 aromatic heterocycles. The van der Waals surface area contributed by atoms with Crippen LogP contribution in [0.2, 0.25) is 5.15 Å². The highest BCUT2D eigenvalue weighted by Gasteiger charge is 2.47. The van der Waals surface area contributed by atoms with Crippen molar-refractivity contribution in [2.75, 3.05) is 18.5 Å². The van der Waals surface area contributed by atoms with Gasteiger partial charge in [-0.1, -0.05) is 17.7 Å². The van der Waals surface area contributed by atoms with Crippen LogP contribution in [0, 0.1) is 6.92 Å². The smallest absolute Gasteiger partial charge is 0.356 e. The zero-order valence-corrected chi connectivity index (χ0v) is 19.4. The summed E-state index contributed by atoms with van der Waals surface area (Å²) in [5.41, 5.74) is 2.31. The number of rotatable bonds is 4. The molecule has 9 heteroatoms. The molecule has 3 aromatic rings. The third kappa shape index (κ3) is 3.48. The second kappa shape index (κ2) is 7.81. The first-order valence-corrected chi connectivity index (χ1v) is 11.4. The van der Waals surface area contributed by atoms with E-state index in [4.69, 9.17) is 21.3 Å². The number of carboxylic acid groups (broad SMARTS) is 1. The highest BCUT2D eigenvalue weighted by Crippen LogP contribution is 2.45. The van der Waals surface area contributed by atoms with Crippen LogP contribution in [0.4, 0.5) is 5.69 Å². The number of pyridine rings is 1. The number of aryl methyl sites for hydroxylation is 1. The predicted molar refractivity (Wildman–Crippen MR) is 125 cm³/mol. The van der Waals surface area contributed by atoms with Gasteiger partial charge in [0.15, 0.2) is 5.69 Å². The second-order valence-corrected chi connectivity index (χ2v) is 9.59. The molecule has 3 atom stereocenters. The van der Waals surface area contributed by atoms with E-state index in [1.165, 1.54) is 0 Å². The lowest BCUT2D eigenvalue weighted by Gasteiger charge is -2.22. The monoisotopic (exact) mass is 468 g/mol. The molecule has 2 aliphatic heterocycles. The van der Waals surface area contributed by atoms with Gasteiger partial charge in [0.05, 0.1) is 34.7 Å². The van der Waals surface area contributed by atoms with E-state index < -0.39 is 5.97 Å². The molecule has 0 saturated carbocycles. The van der Waals surface area contributed by atoms with Crippen molar-refractivity contribution in [3.63, 3.8) is 0 Å². The van der Waals surface area contributed by atoms with E-state index in [1.54, 1.807) is 12.1 Å². The number of halogens is 1. The standard InChI is InChI=1S/C24H25ClN4O4/c1-12-8-15(14(3)26-17-4-5-18(25)27-20(17)22(31)32)19-16(9-12)21(30)29-13(2)10-24(23(29)28-19)6-7-33-11-24/h4-5,8-9,13-14,26H,6-7,10-11H2,1-3H3,(H,31,32)/t13-,14-,24-/m1/s1. The van der Waals surface area contributed by atoms with Crippen molar-refractivity contribution in [2.45, 2.75) is 51.1 Å². The van der Waals surface area contributed by atoms with E-state index in [9.17, 15) is 14.7 Å². The normalized spacial score (nSPS) is 22.6. The average molecular weight is 469 g/mol. The SMILES string of the molecule is Cc1cc([C@@H](C)Nc2ccc(Cl)nc2C(=O)O)c2nc3n(c(=O)c2c1)[C@H](C)C[C@@]31CCOC1. The number of hydrogen-bond acceptors (Lipinski definition) is 6. The van der Waals surface area contributed by atoms with Crippen LogP contribution in [-0.2, 0) is 10.2 Å². The number of nitrogens with zero attached hydrogens (tertiary/aromatic N) is 3. The molecule has 0 unspecified atom stereocenters. The fourth-order valence-electron chi connectivity index (χ4n) is 5.31. The molecule has 1 spiro atoms. The molecule has 4 heterocycles. The van der Waals surface area contributed by atoms with Gasteiger partial charge in [0.25, 0.3) is 5.56 Å². The summed E-state index contributed by atoms with van der Waals surface area (Å²) in [4.78, 5) is 34.3. The lowest BCUT2D eigenvalue weighted by molar-refractivity contribution is 0.0691. The van der Waals surface area contributed by atoms with Gasteiger partial charge in [-0.25, -0.2) is 14.8 Å². The Bertz CT molecular complexity index is 1350. The molecule has 1 saturated heterocycles. The highest BCUT2D eigenvalue weighted by atomic mass is 35.5. The predicted octanol–water partition coefficient (Wildman–Crippen LogP) is 4.25. The Labute approximate surface area is 195 Å². The minimum Gasteiger partial charge on any atom is -0.476 e. The van der Waals surface area contributed by atoms with Gasteiger partial charge in [0.2, 0.25) is 0 Å². The molecule has 5 rings (SSSR count). The van der Waals surface area contributed by atoms with E-state index in [1.807, 2.05) is 30.5 Å². The number of fused-ring (bicyclic) bond motifs is 3. The van der Waals surface area contributed by atoms with Gasteiger partial charge in [-0.2, -0.15) is 0 Å². The Hall–Kier alpha value is -2.97. The van der Waals surface area contributed by atoms with Gasteiger partial charge < -0.3 is 15.2 Å². The van der Waals surface area contributed by atoms with Crippen molar-refractivity contribution >= 4 is 34.2 Å². The lowest BCUT2D eigenvalue weighted by Crippen LogP contribution is -2.29. The molecule has 1 aromatic carbocycles. The van der Waals surface area contributed by atoms with E-state index >= 15 is 0 Å². The molecule has 8 nitrogen and oxygen atoms in total. The van der Waals surface area contributed by atoms with Crippen molar-refractivity contribution in [3.05, 3.63) is 62.4 Å². The number of aromatic nitrogens is 3. The topological polar surface area (TPSA) is 106 Å². The van der Waals surface area contributed by atoms with Crippen LogP contribution in [0.15, 0.2) is 29.1 Å². The van der Waals surface area contributed by atoms with Crippen LogP contribution in [0.25, 0.3) is 10.9 Å². The van der Waals surface area contributed by atoms with Crippen molar-refractivity contribution in [2.24, 2.45) is 0 Å². The maximum Gasteiger partial charge on any atom is 0.356 e. The minimum atomic E-state index is -1.17. The summed E-state index contributed by atoms with van der Waals surface area (Å²) in [5, 5.41) is 13.5. The fourth-order valence-corrected chi connectivity index (χ4v) is 5.46. The van der Waals surface area contributed by atoms with Gasteiger partial charge in [-0.3, -0.25) is 9.36 Å². The maximum atomic E-state index is 13.6. The van der Waals surface area contributed by atoms with Crippen LogP contribution >= 0.6 is 11.6 Å². The Morgan fingerprint density at radius 2 is 2.15 bits per heavy atom. The van der Waals surface area contributed by atoms with Gasteiger partial charge in [-0.05, 0) is 57.4 Å². The number of ether oxygens (including phenoxy) is 1. The largest absolute Gasteiger partial charge is 0.476 e. The van der Waals surface area contributed by atoms with Gasteiger partial charge in [0, 0.05) is 18.2 Å². The molecule has 0 bridgehead atoms. The van der Waals surface area contributed by atoms with E-state index in [-0.39, 0.29) is 33.9 Å². The number of benzene rings is 1. The summed E-state index contributed by atoms with van der Waals surface area (Å²) in [6.07, 6.45) is 1.69. The molecular formula is C24H25ClN4O4. The first kappa shape index (κ1) is 21.9. The van der Waals surface area contributed by atoms with Crippen molar-refractivity contribution in [1.82, 2.24) is 14.5 Å².